The van der Waals surface area contributed by atoms with Gasteiger partial charge in [-0.05, 0) is 19.1 Å². The number of hydrazine groups is 1. The van der Waals surface area contributed by atoms with E-state index in [9.17, 15) is 4.79 Å². The van der Waals surface area contributed by atoms with Crippen LogP contribution in [0.1, 0.15) is 6.92 Å². The molecule has 1 aromatic carbocycles. The summed E-state index contributed by atoms with van der Waals surface area (Å²) in [5.41, 5.74) is 8.44. The van der Waals surface area contributed by atoms with E-state index >= 15 is 0 Å². The molecule has 100 valence electrons. The number of nitrogen functional groups attached to an aromatic ring is 1. The zero-order valence-electron chi connectivity index (χ0n) is 10.6. The van der Waals surface area contributed by atoms with Gasteiger partial charge in [-0.25, -0.2) is 10.8 Å². The number of nitrogens with one attached hydrogen (secondary N) is 1. The van der Waals surface area contributed by atoms with Crippen molar-refractivity contribution in [3.05, 3.63) is 24.3 Å². The van der Waals surface area contributed by atoms with Crippen molar-refractivity contribution in [2.75, 3.05) is 23.4 Å². The highest BCUT2D eigenvalue weighted by Gasteiger charge is 2.14. The Morgan fingerprint density at radius 2 is 2.11 bits per heavy atom. The lowest BCUT2D eigenvalue weighted by Gasteiger charge is -2.22. The van der Waals surface area contributed by atoms with Crippen LogP contribution in [0.5, 0.6) is 0 Å². The Balaban J connectivity index is 2.58. The van der Waals surface area contributed by atoms with E-state index in [2.05, 4.69) is 15.4 Å². The maximum absolute atomic E-state index is 11.1. The van der Waals surface area contributed by atoms with Gasteiger partial charge in [0.15, 0.2) is 0 Å². The van der Waals surface area contributed by atoms with Crippen LogP contribution in [0.25, 0.3) is 10.9 Å². The number of aromatic nitrogens is 2. The Kier molecular flexibility index (Phi) is 3.76. The molecule has 0 atom stereocenters. The van der Waals surface area contributed by atoms with Crippen molar-refractivity contribution in [2.45, 2.75) is 6.92 Å². The fraction of sp³-hybridized carbons (Fsp3) is 0.250. The van der Waals surface area contributed by atoms with E-state index in [1.807, 2.05) is 31.2 Å². The first kappa shape index (κ1) is 13.0. The van der Waals surface area contributed by atoms with Crippen molar-refractivity contribution in [1.82, 2.24) is 9.97 Å². The maximum atomic E-state index is 11.1. The number of fused-ring (bicyclic) bond motifs is 1. The summed E-state index contributed by atoms with van der Waals surface area (Å²) in [5, 5.41) is 0.851. The van der Waals surface area contributed by atoms with E-state index in [1.165, 1.54) is 0 Å². The van der Waals surface area contributed by atoms with Gasteiger partial charge >= 0.3 is 0 Å². The second-order valence-corrected chi connectivity index (χ2v) is 4.01. The zero-order valence-corrected chi connectivity index (χ0v) is 10.6. The van der Waals surface area contributed by atoms with Crippen molar-refractivity contribution in [3.63, 3.8) is 0 Å². The highest BCUT2D eigenvalue weighted by atomic mass is 16.1. The van der Waals surface area contributed by atoms with Gasteiger partial charge in [-0.15, -0.1) is 0 Å². The highest BCUT2D eigenvalue weighted by molar-refractivity contribution is 5.92. The van der Waals surface area contributed by atoms with E-state index in [-0.39, 0.29) is 6.54 Å². The molecule has 0 radical (unpaired) electrons. The first-order valence-electron chi connectivity index (χ1n) is 5.92. The third kappa shape index (κ3) is 2.71. The molecule has 0 spiro atoms. The second kappa shape index (κ2) is 5.49. The summed E-state index contributed by atoms with van der Waals surface area (Å²) in [6, 6.07) is 7.53. The molecule has 1 amide bonds. The summed E-state index contributed by atoms with van der Waals surface area (Å²) in [5.74, 6) is 5.90. The Bertz CT molecular complexity index is 600. The van der Waals surface area contributed by atoms with Crippen LogP contribution in [-0.2, 0) is 4.79 Å². The third-order valence-corrected chi connectivity index (χ3v) is 2.74. The second-order valence-electron chi connectivity index (χ2n) is 4.01. The monoisotopic (exact) mass is 260 g/mol. The number of amides is 1. The fourth-order valence-corrected chi connectivity index (χ4v) is 1.89. The lowest BCUT2D eigenvalue weighted by Crippen LogP contribution is -2.34. The topological polar surface area (TPSA) is 110 Å². The number of hydrogen-bond donors (Lipinski definition) is 3. The maximum Gasteiger partial charge on any atom is 0.239 e. The quantitative estimate of drug-likeness (QED) is 0.524. The number of hydrogen-bond acceptors (Lipinski definition) is 6. The summed E-state index contributed by atoms with van der Waals surface area (Å²) in [7, 11) is 0. The summed E-state index contributed by atoms with van der Waals surface area (Å²) in [4.78, 5) is 21.5. The van der Waals surface area contributed by atoms with Gasteiger partial charge in [0, 0.05) is 11.9 Å². The van der Waals surface area contributed by atoms with Gasteiger partial charge in [-0.2, -0.15) is 4.98 Å². The van der Waals surface area contributed by atoms with Crippen LogP contribution in [0.4, 0.5) is 11.8 Å². The molecule has 2 aromatic rings. The minimum atomic E-state index is -0.410. The lowest BCUT2D eigenvalue weighted by atomic mass is 10.2. The van der Waals surface area contributed by atoms with Crippen molar-refractivity contribution < 1.29 is 4.79 Å². The first-order chi connectivity index (χ1) is 9.15. The van der Waals surface area contributed by atoms with Gasteiger partial charge < -0.3 is 10.6 Å². The smallest absolute Gasteiger partial charge is 0.239 e. The van der Waals surface area contributed by atoms with Crippen molar-refractivity contribution in [1.29, 1.82) is 0 Å². The van der Waals surface area contributed by atoms with E-state index in [1.54, 1.807) is 4.90 Å². The third-order valence-electron chi connectivity index (χ3n) is 2.74. The molecule has 7 nitrogen and oxygen atoms in total. The number of para-hydroxylation sites is 1. The molecule has 0 aliphatic carbocycles. The molecule has 0 fully saturated rings. The molecule has 1 heterocycles. The highest BCUT2D eigenvalue weighted by Crippen LogP contribution is 2.24. The molecule has 2 rings (SSSR count). The van der Waals surface area contributed by atoms with Gasteiger partial charge in [-0.1, -0.05) is 12.1 Å². The average molecular weight is 260 g/mol. The number of carbonyl (C=O) groups is 1. The number of primary amides is 1. The SMILES string of the molecule is CCN(CC(N)=O)c1nc(NN)nc2ccccc12. The summed E-state index contributed by atoms with van der Waals surface area (Å²) < 4.78 is 0. The largest absolute Gasteiger partial charge is 0.368 e. The number of likely N-dealkylation sites (N-methyl/N-ethyl adjacent to an activating group) is 1. The molecule has 7 heteroatoms. The standard InChI is InChI=1S/C12H16N6O/c1-2-18(7-10(13)19)11-8-5-3-4-6-9(8)15-12(16-11)17-14/h3-6H,2,7,14H2,1H3,(H2,13,19)(H,15,16,17). The number of anilines is 2. The number of benzene rings is 1. The Morgan fingerprint density at radius 1 is 1.37 bits per heavy atom. The molecule has 19 heavy (non-hydrogen) atoms. The van der Waals surface area contributed by atoms with Gasteiger partial charge in [-0.3, -0.25) is 10.2 Å². The Hall–Kier alpha value is -2.41. The van der Waals surface area contributed by atoms with Crippen LogP contribution in [0.2, 0.25) is 0 Å². The van der Waals surface area contributed by atoms with Crippen molar-refractivity contribution in [2.24, 2.45) is 11.6 Å². The number of nitrogens with zero attached hydrogens (tertiary/aromatic N) is 3. The van der Waals surface area contributed by atoms with Crippen LogP contribution >= 0.6 is 0 Å². The zero-order chi connectivity index (χ0) is 13.8. The lowest BCUT2D eigenvalue weighted by molar-refractivity contribution is -0.116. The first-order valence-corrected chi connectivity index (χ1v) is 5.92. The van der Waals surface area contributed by atoms with Gasteiger partial charge in [0.1, 0.15) is 5.82 Å². The summed E-state index contributed by atoms with van der Waals surface area (Å²) in [6.45, 7) is 2.63. The van der Waals surface area contributed by atoms with E-state index in [0.717, 1.165) is 10.9 Å². The fourth-order valence-electron chi connectivity index (χ4n) is 1.89. The van der Waals surface area contributed by atoms with Crippen molar-refractivity contribution in [3.8, 4) is 0 Å². The normalized spacial score (nSPS) is 10.4. The molecule has 0 unspecified atom stereocenters. The van der Waals surface area contributed by atoms with E-state index in [0.29, 0.717) is 18.3 Å². The minimum absolute atomic E-state index is 0.0987. The molecule has 0 saturated heterocycles. The molecule has 0 aliphatic heterocycles. The van der Waals surface area contributed by atoms with Crippen molar-refractivity contribution >= 4 is 28.6 Å². The average Bonchev–Trinajstić information content (AvgIpc) is 2.43. The summed E-state index contributed by atoms with van der Waals surface area (Å²) in [6.07, 6.45) is 0. The molecule has 0 saturated carbocycles. The number of nitrogens with two attached hydrogens (primary N) is 2. The molecular formula is C12H16N6O. The van der Waals surface area contributed by atoms with Crippen LogP contribution in [0.3, 0.4) is 0 Å². The molecular weight excluding hydrogens is 244 g/mol. The molecule has 5 N–H and O–H groups in total. The predicted molar refractivity (Wildman–Crippen MR) is 74.4 cm³/mol. The molecule has 0 bridgehead atoms. The van der Waals surface area contributed by atoms with Gasteiger partial charge in [0.25, 0.3) is 0 Å². The van der Waals surface area contributed by atoms with Crippen LogP contribution < -0.4 is 21.9 Å². The minimum Gasteiger partial charge on any atom is -0.368 e. The predicted octanol–water partition coefficient (Wildman–Crippen LogP) is 0.227. The molecule has 1 aromatic heterocycles. The van der Waals surface area contributed by atoms with Gasteiger partial charge in [0.2, 0.25) is 11.9 Å². The summed E-state index contributed by atoms with van der Waals surface area (Å²) >= 11 is 0. The van der Waals surface area contributed by atoms with E-state index < -0.39 is 5.91 Å². The van der Waals surface area contributed by atoms with Crippen LogP contribution in [0.15, 0.2) is 24.3 Å². The molecule has 0 aliphatic rings. The number of carbonyl (C=O) groups excluding carboxylic acids is 1. The number of rotatable bonds is 5. The van der Waals surface area contributed by atoms with Crippen LogP contribution in [0, 0.1) is 0 Å². The Morgan fingerprint density at radius 3 is 2.74 bits per heavy atom. The van der Waals surface area contributed by atoms with Crippen LogP contribution in [-0.4, -0.2) is 29.0 Å². The van der Waals surface area contributed by atoms with Gasteiger partial charge in [0.05, 0.1) is 12.1 Å². The van der Waals surface area contributed by atoms with E-state index in [4.69, 9.17) is 11.6 Å². The Labute approximate surface area is 110 Å².